The molecule has 0 amide bonds. The van der Waals surface area contributed by atoms with Crippen LogP contribution in [0.15, 0.2) is 48.8 Å². The summed E-state index contributed by atoms with van der Waals surface area (Å²) in [6, 6.07) is 11.9. The fraction of sp³-hybridized carbons (Fsp3) is 0.188. The Kier molecular flexibility index (Phi) is 2.95. The van der Waals surface area contributed by atoms with Crippen molar-refractivity contribution in [2.45, 2.75) is 19.8 Å². The molecule has 0 fully saturated rings. The Morgan fingerprint density at radius 1 is 0.842 bits per heavy atom. The van der Waals surface area contributed by atoms with Crippen molar-refractivity contribution in [3.8, 4) is 11.3 Å². The van der Waals surface area contributed by atoms with Crippen molar-refractivity contribution < 1.29 is 0 Å². The summed E-state index contributed by atoms with van der Waals surface area (Å²) in [7, 11) is 0. The molecule has 0 spiro atoms. The highest BCUT2D eigenvalue weighted by Gasteiger charge is 2.13. The Labute approximate surface area is 112 Å². The van der Waals surface area contributed by atoms with Crippen molar-refractivity contribution in [3.05, 3.63) is 54.5 Å². The van der Waals surface area contributed by atoms with Gasteiger partial charge in [0.05, 0.1) is 22.4 Å². The first-order valence-electron chi connectivity index (χ1n) is 6.43. The van der Waals surface area contributed by atoms with Crippen molar-refractivity contribution in [1.82, 2.24) is 15.0 Å². The van der Waals surface area contributed by atoms with Crippen LogP contribution in [0.1, 0.15) is 25.5 Å². The monoisotopic (exact) mass is 249 g/mol. The Balaban J connectivity index is 2.30. The molecule has 1 aromatic carbocycles. The molecule has 3 rings (SSSR count). The van der Waals surface area contributed by atoms with Gasteiger partial charge in [0, 0.05) is 18.0 Å². The lowest BCUT2D eigenvalue weighted by Gasteiger charge is -2.12. The van der Waals surface area contributed by atoms with Gasteiger partial charge in [0.15, 0.2) is 0 Å². The third-order valence-corrected chi connectivity index (χ3v) is 3.10. The van der Waals surface area contributed by atoms with Gasteiger partial charge in [-0.25, -0.2) is 9.97 Å². The molecule has 0 atom stereocenters. The molecule has 2 heterocycles. The maximum absolute atomic E-state index is 4.78. The van der Waals surface area contributed by atoms with Crippen LogP contribution in [-0.4, -0.2) is 15.0 Å². The SMILES string of the molecule is CC(C)c1nc2ccccc2nc1-c1ccncc1. The fourth-order valence-corrected chi connectivity index (χ4v) is 2.14. The predicted octanol–water partition coefficient (Wildman–Crippen LogP) is 3.82. The summed E-state index contributed by atoms with van der Waals surface area (Å²) < 4.78 is 0. The summed E-state index contributed by atoms with van der Waals surface area (Å²) in [5.74, 6) is 0.334. The zero-order chi connectivity index (χ0) is 13.2. The highest BCUT2D eigenvalue weighted by Crippen LogP contribution is 2.27. The summed E-state index contributed by atoms with van der Waals surface area (Å²) in [5.41, 5.74) is 4.93. The Morgan fingerprint density at radius 2 is 1.47 bits per heavy atom. The van der Waals surface area contributed by atoms with Crippen molar-refractivity contribution in [3.63, 3.8) is 0 Å². The van der Waals surface area contributed by atoms with Crippen LogP contribution in [-0.2, 0) is 0 Å². The predicted molar refractivity (Wildman–Crippen MR) is 76.9 cm³/mol. The topological polar surface area (TPSA) is 38.7 Å². The molecule has 0 aliphatic carbocycles. The van der Waals surface area contributed by atoms with E-state index in [4.69, 9.17) is 9.97 Å². The molecular formula is C16H15N3. The molecular weight excluding hydrogens is 234 g/mol. The normalized spacial score (nSPS) is 11.1. The Morgan fingerprint density at radius 3 is 2.11 bits per heavy atom. The number of benzene rings is 1. The summed E-state index contributed by atoms with van der Waals surface area (Å²) >= 11 is 0. The van der Waals surface area contributed by atoms with Gasteiger partial charge in [-0.1, -0.05) is 26.0 Å². The number of para-hydroxylation sites is 2. The molecule has 0 radical (unpaired) electrons. The Bertz CT molecular complexity index is 706. The second-order valence-electron chi connectivity index (χ2n) is 4.84. The minimum Gasteiger partial charge on any atom is -0.265 e. The van der Waals surface area contributed by atoms with Crippen LogP contribution in [0.5, 0.6) is 0 Å². The molecule has 0 saturated heterocycles. The average Bonchev–Trinajstić information content (AvgIpc) is 2.46. The van der Waals surface area contributed by atoms with Gasteiger partial charge >= 0.3 is 0 Å². The maximum atomic E-state index is 4.78. The van der Waals surface area contributed by atoms with E-state index in [1.165, 1.54) is 0 Å². The van der Waals surface area contributed by atoms with Crippen LogP contribution < -0.4 is 0 Å². The lowest BCUT2D eigenvalue weighted by molar-refractivity contribution is 0.825. The summed E-state index contributed by atoms with van der Waals surface area (Å²) in [6.07, 6.45) is 3.58. The minimum atomic E-state index is 0.334. The highest BCUT2D eigenvalue weighted by atomic mass is 14.8. The van der Waals surface area contributed by atoms with Crippen molar-refractivity contribution in [1.29, 1.82) is 0 Å². The summed E-state index contributed by atoms with van der Waals surface area (Å²) in [4.78, 5) is 13.6. The molecule has 0 unspecified atom stereocenters. The van der Waals surface area contributed by atoms with Crippen LogP contribution in [0.3, 0.4) is 0 Å². The van der Waals surface area contributed by atoms with Gasteiger partial charge in [0.2, 0.25) is 0 Å². The number of nitrogens with zero attached hydrogens (tertiary/aromatic N) is 3. The number of hydrogen-bond acceptors (Lipinski definition) is 3. The van der Waals surface area contributed by atoms with E-state index in [-0.39, 0.29) is 0 Å². The third kappa shape index (κ3) is 2.19. The second kappa shape index (κ2) is 4.76. The van der Waals surface area contributed by atoms with Crippen LogP contribution in [0.25, 0.3) is 22.3 Å². The van der Waals surface area contributed by atoms with E-state index in [1.54, 1.807) is 12.4 Å². The largest absolute Gasteiger partial charge is 0.265 e. The number of hydrogen-bond donors (Lipinski definition) is 0. The second-order valence-corrected chi connectivity index (χ2v) is 4.84. The van der Waals surface area contributed by atoms with E-state index in [0.29, 0.717) is 5.92 Å². The summed E-state index contributed by atoms with van der Waals surface area (Å²) in [6.45, 7) is 4.28. The maximum Gasteiger partial charge on any atom is 0.0928 e. The molecule has 0 bridgehead atoms. The minimum absolute atomic E-state index is 0.334. The van der Waals surface area contributed by atoms with Gasteiger partial charge in [0.1, 0.15) is 0 Å². The number of rotatable bonds is 2. The first-order chi connectivity index (χ1) is 9.25. The summed E-state index contributed by atoms with van der Waals surface area (Å²) in [5, 5.41) is 0. The Hall–Kier alpha value is -2.29. The van der Waals surface area contributed by atoms with Gasteiger partial charge in [-0.15, -0.1) is 0 Å². The number of pyridine rings is 1. The van der Waals surface area contributed by atoms with Gasteiger partial charge < -0.3 is 0 Å². The average molecular weight is 249 g/mol. The molecule has 0 aliphatic heterocycles. The fourth-order valence-electron chi connectivity index (χ4n) is 2.14. The molecule has 94 valence electrons. The smallest absolute Gasteiger partial charge is 0.0928 e. The van der Waals surface area contributed by atoms with Crippen LogP contribution >= 0.6 is 0 Å². The van der Waals surface area contributed by atoms with Gasteiger partial charge in [-0.3, -0.25) is 4.98 Å². The quantitative estimate of drug-likeness (QED) is 0.693. The highest BCUT2D eigenvalue weighted by molar-refractivity contribution is 5.78. The van der Waals surface area contributed by atoms with Crippen molar-refractivity contribution in [2.75, 3.05) is 0 Å². The lowest BCUT2D eigenvalue weighted by atomic mass is 10.0. The van der Waals surface area contributed by atoms with E-state index in [2.05, 4.69) is 18.8 Å². The number of aromatic nitrogens is 3. The van der Waals surface area contributed by atoms with Gasteiger partial charge in [-0.2, -0.15) is 0 Å². The van der Waals surface area contributed by atoms with Crippen LogP contribution in [0.2, 0.25) is 0 Å². The zero-order valence-electron chi connectivity index (χ0n) is 11.0. The van der Waals surface area contributed by atoms with Crippen LogP contribution in [0, 0.1) is 0 Å². The van der Waals surface area contributed by atoms with Crippen LogP contribution in [0.4, 0.5) is 0 Å². The molecule has 3 heteroatoms. The van der Waals surface area contributed by atoms with E-state index >= 15 is 0 Å². The lowest BCUT2D eigenvalue weighted by Crippen LogP contribution is -2.00. The van der Waals surface area contributed by atoms with Gasteiger partial charge in [0.25, 0.3) is 0 Å². The van der Waals surface area contributed by atoms with E-state index in [9.17, 15) is 0 Å². The van der Waals surface area contributed by atoms with Crippen molar-refractivity contribution >= 4 is 11.0 Å². The molecule has 0 N–H and O–H groups in total. The zero-order valence-corrected chi connectivity index (χ0v) is 11.0. The molecule has 3 nitrogen and oxygen atoms in total. The van der Waals surface area contributed by atoms with E-state index in [0.717, 1.165) is 28.0 Å². The standard InChI is InChI=1S/C16H15N3/c1-11(2)15-16(12-7-9-17-10-8-12)19-14-6-4-3-5-13(14)18-15/h3-11H,1-2H3. The molecule has 2 aromatic heterocycles. The van der Waals surface area contributed by atoms with Gasteiger partial charge in [-0.05, 0) is 30.2 Å². The number of fused-ring (bicyclic) bond motifs is 1. The van der Waals surface area contributed by atoms with E-state index in [1.807, 2.05) is 36.4 Å². The van der Waals surface area contributed by atoms with E-state index < -0.39 is 0 Å². The third-order valence-electron chi connectivity index (χ3n) is 3.10. The first kappa shape index (κ1) is 11.8. The molecule has 3 aromatic rings. The molecule has 19 heavy (non-hydrogen) atoms. The first-order valence-corrected chi connectivity index (χ1v) is 6.43. The van der Waals surface area contributed by atoms with Crippen molar-refractivity contribution in [2.24, 2.45) is 0 Å². The molecule has 0 saturated carbocycles. The molecule has 0 aliphatic rings.